The van der Waals surface area contributed by atoms with Crippen LogP contribution in [0.4, 0.5) is 0 Å². The Morgan fingerprint density at radius 3 is 2.65 bits per heavy atom. The van der Waals surface area contributed by atoms with Crippen LogP contribution in [0.3, 0.4) is 0 Å². The second-order valence-corrected chi connectivity index (χ2v) is 6.58. The van der Waals surface area contributed by atoms with Crippen LogP contribution in [0.1, 0.15) is 38.2 Å². The van der Waals surface area contributed by atoms with Gasteiger partial charge in [-0.1, -0.05) is 19.1 Å². The Kier molecular flexibility index (Phi) is 6.31. The maximum atomic E-state index is 12.3. The van der Waals surface area contributed by atoms with Gasteiger partial charge in [0.1, 0.15) is 5.75 Å². The minimum absolute atomic E-state index is 0. The number of amides is 1. The smallest absolute Gasteiger partial charge is 0.223 e. The number of nitrogens with one attached hydrogen (secondary N) is 2. The van der Waals surface area contributed by atoms with Gasteiger partial charge in [0.15, 0.2) is 0 Å². The number of carbonyl (C=O) groups excluding carboxylic acids is 1. The summed E-state index contributed by atoms with van der Waals surface area (Å²) in [7, 11) is 0. The molecule has 1 amide bonds. The molecule has 23 heavy (non-hydrogen) atoms. The topological polar surface area (TPSA) is 50.4 Å². The molecule has 2 aliphatic rings. The first-order valence-corrected chi connectivity index (χ1v) is 8.44. The van der Waals surface area contributed by atoms with Crippen LogP contribution in [0.25, 0.3) is 0 Å². The molecule has 1 saturated carbocycles. The molecule has 1 aliphatic carbocycles. The zero-order valence-electron chi connectivity index (χ0n) is 13.8. The lowest BCUT2D eigenvalue weighted by Crippen LogP contribution is -2.33. The number of ether oxygens (including phenoxy) is 1. The summed E-state index contributed by atoms with van der Waals surface area (Å²) >= 11 is 0. The first-order chi connectivity index (χ1) is 10.7. The summed E-state index contributed by atoms with van der Waals surface area (Å²) in [5.74, 6) is 1.36. The van der Waals surface area contributed by atoms with Crippen molar-refractivity contribution in [2.75, 3.05) is 19.7 Å². The quantitative estimate of drug-likeness (QED) is 0.838. The maximum Gasteiger partial charge on any atom is 0.223 e. The van der Waals surface area contributed by atoms with E-state index < -0.39 is 0 Å². The number of piperidine rings is 1. The summed E-state index contributed by atoms with van der Waals surface area (Å²) in [6.07, 6.45) is 4.38. The van der Waals surface area contributed by atoms with Gasteiger partial charge in [0, 0.05) is 12.5 Å². The average Bonchev–Trinajstić information content (AvgIpc) is 3.25. The van der Waals surface area contributed by atoms with Gasteiger partial charge in [0.05, 0.1) is 6.61 Å². The molecule has 128 valence electrons. The van der Waals surface area contributed by atoms with Crippen molar-refractivity contribution in [1.29, 1.82) is 0 Å². The summed E-state index contributed by atoms with van der Waals surface area (Å²) in [6, 6.07) is 8.00. The van der Waals surface area contributed by atoms with E-state index in [0.717, 1.165) is 56.7 Å². The van der Waals surface area contributed by atoms with E-state index in [1.165, 1.54) is 0 Å². The van der Waals surface area contributed by atoms with Gasteiger partial charge in [-0.15, -0.1) is 12.4 Å². The minimum Gasteiger partial charge on any atom is -0.494 e. The van der Waals surface area contributed by atoms with Crippen LogP contribution in [-0.2, 0) is 11.3 Å². The summed E-state index contributed by atoms with van der Waals surface area (Å²) < 4.78 is 5.57. The Labute approximate surface area is 144 Å². The molecule has 1 spiro atoms. The van der Waals surface area contributed by atoms with Crippen molar-refractivity contribution >= 4 is 18.3 Å². The lowest BCUT2D eigenvalue weighted by Gasteiger charge is -2.23. The van der Waals surface area contributed by atoms with Gasteiger partial charge >= 0.3 is 0 Å². The number of hydrogen-bond donors (Lipinski definition) is 2. The van der Waals surface area contributed by atoms with Crippen molar-refractivity contribution in [1.82, 2.24) is 10.6 Å². The van der Waals surface area contributed by atoms with Gasteiger partial charge in [0.25, 0.3) is 0 Å². The van der Waals surface area contributed by atoms with Gasteiger partial charge in [-0.05, 0) is 61.9 Å². The van der Waals surface area contributed by atoms with E-state index in [4.69, 9.17) is 4.74 Å². The molecule has 3 rings (SSSR count). The third kappa shape index (κ3) is 4.39. The van der Waals surface area contributed by atoms with Crippen LogP contribution in [0, 0.1) is 11.3 Å². The highest BCUT2D eigenvalue weighted by Crippen LogP contribution is 2.58. The highest BCUT2D eigenvalue weighted by Gasteiger charge is 2.57. The van der Waals surface area contributed by atoms with Crippen molar-refractivity contribution in [3.63, 3.8) is 0 Å². The lowest BCUT2D eigenvalue weighted by molar-refractivity contribution is -0.123. The van der Waals surface area contributed by atoms with Crippen molar-refractivity contribution < 1.29 is 9.53 Å². The SMILES string of the molecule is CCCOc1ccc(CNC(=O)C2CC23CCNCC3)cc1.Cl. The second-order valence-electron chi connectivity index (χ2n) is 6.58. The second kappa shape index (κ2) is 8.02. The highest BCUT2D eigenvalue weighted by atomic mass is 35.5. The molecule has 1 aromatic rings. The van der Waals surface area contributed by atoms with Gasteiger partial charge in [-0.2, -0.15) is 0 Å². The molecule has 1 aromatic carbocycles. The highest BCUT2D eigenvalue weighted by molar-refractivity contribution is 5.85. The molecule has 2 N–H and O–H groups in total. The molecule has 4 nitrogen and oxygen atoms in total. The van der Waals surface area contributed by atoms with Crippen LogP contribution in [0.2, 0.25) is 0 Å². The fourth-order valence-electron chi connectivity index (χ4n) is 3.43. The Balaban J connectivity index is 0.00000192. The predicted octanol–water partition coefficient (Wildman–Crippen LogP) is 2.90. The Bertz CT molecular complexity index is 512. The summed E-state index contributed by atoms with van der Waals surface area (Å²) in [5.41, 5.74) is 1.44. The fraction of sp³-hybridized carbons (Fsp3) is 0.611. The monoisotopic (exact) mass is 338 g/mol. The molecular weight excluding hydrogens is 312 g/mol. The molecular formula is C18H27ClN2O2. The molecule has 1 aliphatic heterocycles. The van der Waals surface area contributed by atoms with Gasteiger partial charge < -0.3 is 15.4 Å². The van der Waals surface area contributed by atoms with E-state index >= 15 is 0 Å². The first-order valence-electron chi connectivity index (χ1n) is 8.44. The van der Waals surface area contributed by atoms with Gasteiger partial charge in [-0.25, -0.2) is 0 Å². The predicted molar refractivity (Wildman–Crippen MR) is 94.0 cm³/mol. The van der Waals surface area contributed by atoms with Crippen molar-refractivity contribution in [3.05, 3.63) is 29.8 Å². The van der Waals surface area contributed by atoms with Crippen LogP contribution in [0.15, 0.2) is 24.3 Å². The summed E-state index contributed by atoms with van der Waals surface area (Å²) in [5, 5.41) is 6.47. The largest absolute Gasteiger partial charge is 0.494 e. The van der Waals surface area contributed by atoms with Crippen molar-refractivity contribution in [2.24, 2.45) is 11.3 Å². The first kappa shape index (κ1) is 18.1. The summed E-state index contributed by atoms with van der Waals surface area (Å²) in [6.45, 7) is 5.56. The molecule has 1 unspecified atom stereocenters. The van der Waals surface area contributed by atoms with Crippen molar-refractivity contribution in [3.8, 4) is 5.75 Å². The van der Waals surface area contributed by atoms with Gasteiger partial charge in [-0.3, -0.25) is 4.79 Å². The van der Waals surface area contributed by atoms with E-state index in [1.807, 2.05) is 24.3 Å². The van der Waals surface area contributed by atoms with Crippen LogP contribution in [-0.4, -0.2) is 25.6 Å². The molecule has 1 atom stereocenters. The van der Waals surface area contributed by atoms with E-state index in [-0.39, 0.29) is 24.2 Å². The molecule has 5 heteroatoms. The maximum absolute atomic E-state index is 12.3. The van der Waals surface area contributed by atoms with E-state index in [0.29, 0.717) is 12.0 Å². The Morgan fingerprint density at radius 1 is 1.30 bits per heavy atom. The Morgan fingerprint density at radius 2 is 2.00 bits per heavy atom. The zero-order chi connectivity index (χ0) is 15.4. The zero-order valence-corrected chi connectivity index (χ0v) is 14.6. The summed E-state index contributed by atoms with van der Waals surface area (Å²) in [4.78, 5) is 12.3. The van der Waals surface area contributed by atoms with E-state index in [2.05, 4.69) is 17.6 Å². The lowest BCUT2D eigenvalue weighted by atomic mass is 9.92. The number of hydrogen-bond acceptors (Lipinski definition) is 3. The number of carbonyl (C=O) groups is 1. The Hall–Kier alpha value is -1.26. The number of benzene rings is 1. The van der Waals surface area contributed by atoms with Gasteiger partial charge in [0.2, 0.25) is 5.91 Å². The minimum atomic E-state index is 0. The molecule has 0 aromatic heterocycles. The molecule has 1 heterocycles. The number of halogens is 1. The molecule has 0 bridgehead atoms. The molecule has 1 saturated heterocycles. The van der Waals surface area contributed by atoms with Crippen molar-refractivity contribution in [2.45, 2.75) is 39.2 Å². The molecule has 0 radical (unpaired) electrons. The van der Waals surface area contributed by atoms with Crippen LogP contribution < -0.4 is 15.4 Å². The molecule has 2 fully saturated rings. The third-order valence-corrected chi connectivity index (χ3v) is 4.97. The van der Waals surface area contributed by atoms with Crippen LogP contribution >= 0.6 is 12.4 Å². The normalized spacial score (nSPS) is 21.3. The fourth-order valence-corrected chi connectivity index (χ4v) is 3.43. The van der Waals surface area contributed by atoms with Crippen LogP contribution in [0.5, 0.6) is 5.75 Å². The van der Waals surface area contributed by atoms with E-state index in [1.54, 1.807) is 0 Å². The average molecular weight is 339 g/mol. The third-order valence-electron chi connectivity index (χ3n) is 4.97. The standard InChI is InChI=1S/C18H26N2O2.ClH/c1-2-11-22-15-5-3-14(4-6-15)13-20-17(21)16-12-18(16)7-9-19-10-8-18;/h3-6,16,19H,2,7-13H2,1H3,(H,20,21);1H. The van der Waals surface area contributed by atoms with E-state index in [9.17, 15) is 4.79 Å². The number of rotatable bonds is 6.